The van der Waals surface area contributed by atoms with Crippen molar-refractivity contribution in [3.63, 3.8) is 0 Å². The molecule has 1 rings (SSSR count). The van der Waals surface area contributed by atoms with Crippen LogP contribution < -0.4 is 5.32 Å². The largest absolute Gasteiger partial charge is 0.396 e. The highest BCUT2D eigenvalue weighted by Gasteiger charge is 2.27. The predicted molar refractivity (Wildman–Crippen MR) is 58.5 cm³/mol. The summed E-state index contributed by atoms with van der Waals surface area (Å²) in [5.74, 6) is 0. The van der Waals surface area contributed by atoms with Gasteiger partial charge in [-0.15, -0.1) is 0 Å². The van der Waals surface area contributed by atoms with Crippen molar-refractivity contribution in [1.82, 2.24) is 5.32 Å². The van der Waals surface area contributed by atoms with Gasteiger partial charge in [0.1, 0.15) is 0 Å². The zero-order valence-electron chi connectivity index (χ0n) is 9.45. The minimum atomic E-state index is -0.489. The summed E-state index contributed by atoms with van der Waals surface area (Å²) in [5, 5.41) is 31.2. The summed E-state index contributed by atoms with van der Waals surface area (Å²) in [4.78, 5) is 0. The number of nitrogens with one attached hydrogen (secondary N) is 1. The first-order chi connectivity index (χ1) is 7.11. The highest BCUT2D eigenvalue weighted by atomic mass is 16.3. The molecule has 0 aromatic carbocycles. The zero-order chi connectivity index (χ0) is 11.3. The van der Waals surface area contributed by atoms with Crippen molar-refractivity contribution < 1.29 is 15.3 Å². The Balaban J connectivity index is 2.34. The van der Waals surface area contributed by atoms with Gasteiger partial charge in [-0.05, 0) is 12.8 Å². The van der Waals surface area contributed by atoms with Crippen LogP contribution in [-0.4, -0.2) is 47.2 Å². The Hall–Kier alpha value is -0.160. The van der Waals surface area contributed by atoms with Crippen LogP contribution >= 0.6 is 0 Å². The standard InChI is InChI=1S/C11H23NO3/c1-11(7-13,8-14)6-12-9-4-2-3-5-10(9)15/h9-10,12-15H,2-8H2,1H3. The van der Waals surface area contributed by atoms with E-state index in [1.807, 2.05) is 6.92 Å². The summed E-state index contributed by atoms with van der Waals surface area (Å²) in [6, 6.07) is 0.121. The predicted octanol–water partition coefficient (Wildman–Crippen LogP) is -0.130. The van der Waals surface area contributed by atoms with Crippen LogP contribution in [0.5, 0.6) is 0 Å². The van der Waals surface area contributed by atoms with Gasteiger partial charge in [-0.2, -0.15) is 0 Å². The molecule has 15 heavy (non-hydrogen) atoms. The molecule has 0 aromatic rings. The van der Waals surface area contributed by atoms with Gasteiger partial charge in [0.15, 0.2) is 0 Å². The lowest BCUT2D eigenvalue weighted by atomic mass is 9.89. The first kappa shape index (κ1) is 12.9. The lowest BCUT2D eigenvalue weighted by molar-refractivity contribution is 0.0471. The maximum absolute atomic E-state index is 9.72. The molecule has 1 aliphatic rings. The van der Waals surface area contributed by atoms with Gasteiger partial charge in [0.25, 0.3) is 0 Å². The monoisotopic (exact) mass is 217 g/mol. The normalized spacial score (nSPS) is 28.0. The quantitative estimate of drug-likeness (QED) is 0.518. The van der Waals surface area contributed by atoms with E-state index in [0.29, 0.717) is 6.54 Å². The Morgan fingerprint density at radius 1 is 1.20 bits per heavy atom. The van der Waals surface area contributed by atoms with Crippen LogP contribution in [0.1, 0.15) is 32.6 Å². The van der Waals surface area contributed by atoms with Crippen molar-refractivity contribution in [1.29, 1.82) is 0 Å². The Bertz CT molecular complexity index is 183. The lowest BCUT2D eigenvalue weighted by Gasteiger charge is -2.33. The molecule has 1 fully saturated rings. The lowest BCUT2D eigenvalue weighted by Crippen LogP contribution is -2.48. The van der Waals surface area contributed by atoms with E-state index in [1.165, 1.54) is 0 Å². The van der Waals surface area contributed by atoms with Gasteiger partial charge >= 0.3 is 0 Å². The van der Waals surface area contributed by atoms with E-state index in [2.05, 4.69) is 5.32 Å². The summed E-state index contributed by atoms with van der Waals surface area (Å²) >= 11 is 0. The first-order valence-electron chi connectivity index (χ1n) is 5.74. The van der Waals surface area contributed by atoms with E-state index in [9.17, 15) is 5.11 Å². The Morgan fingerprint density at radius 3 is 2.33 bits per heavy atom. The average molecular weight is 217 g/mol. The minimum absolute atomic E-state index is 0.0423. The highest BCUT2D eigenvalue weighted by Crippen LogP contribution is 2.20. The molecule has 2 unspecified atom stereocenters. The fraction of sp³-hybridized carbons (Fsp3) is 1.00. The molecule has 1 aliphatic carbocycles. The van der Waals surface area contributed by atoms with Crippen LogP contribution in [0.3, 0.4) is 0 Å². The number of hydrogen-bond acceptors (Lipinski definition) is 4. The van der Waals surface area contributed by atoms with Gasteiger partial charge in [0, 0.05) is 18.0 Å². The van der Waals surface area contributed by atoms with Gasteiger partial charge in [0.2, 0.25) is 0 Å². The fourth-order valence-electron chi connectivity index (χ4n) is 1.89. The van der Waals surface area contributed by atoms with Crippen molar-refractivity contribution in [2.75, 3.05) is 19.8 Å². The van der Waals surface area contributed by atoms with Crippen molar-refractivity contribution in [3.8, 4) is 0 Å². The maximum Gasteiger partial charge on any atom is 0.0693 e. The van der Waals surface area contributed by atoms with Gasteiger partial charge in [-0.25, -0.2) is 0 Å². The summed E-state index contributed by atoms with van der Waals surface area (Å²) in [6.07, 6.45) is 3.79. The topological polar surface area (TPSA) is 72.7 Å². The molecular formula is C11H23NO3. The molecular weight excluding hydrogens is 194 g/mol. The highest BCUT2D eigenvalue weighted by molar-refractivity contribution is 4.84. The van der Waals surface area contributed by atoms with Gasteiger partial charge in [0.05, 0.1) is 19.3 Å². The molecule has 0 saturated heterocycles. The summed E-state index contributed by atoms with van der Waals surface area (Å²) in [7, 11) is 0. The van der Waals surface area contributed by atoms with Crippen LogP contribution in [0.25, 0.3) is 0 Å². The number of aliphatic hydroxyl groups excluding tert-OH is 3. The Morgan fingerprint density at radius 2 is 1.80 bits per heavy atom. The molecule has 0 aliphatic heterocycles. The van der Waals surface area contributed by atoms with E-state index in [4.69, 9.17) is 10.2 Å². The second-order valence-corrected chi connectivity index (χ2v) is 4.97. The molecule has 0 radical (unpaired) electrons. The molecule has 0 amide bonds. The van der Waals surface area contributed by atoms with Gasteiger partial charge in [-0.3, -0.25) is 0 Å². The number of rotatable bonds is 5. The molecule has 4 N–H and O–H groups in total. The number of hydrogen-bond donors (Lipinski definition) is 4. The SMILES string of the molecule is CC(CO)(CO)CNC1CCCCC1O. The summed E-state index contributed by atoms with van der Waals surface area (Å²) in [6.45, 7) is 2.29. The minimum Gasteiger partial charge on any atom is -0.396 e. The molecule has 4 heteroatoms. The Kier molecular flexibility index (Phi) is 4.99. The maximum atomic E-state index is 9.72. The van der Waals surface area contributed by atoms with Crippen molar-refractivity contribution in [2.24, 2.45) is 5.41 Å². The van der Waals surface area contributed by atoms with Gasteiger partial charge in [-0.1, -0.05) is 19.8 Å². The second-order valence-electron chi connectivity index (χ2n) is 4.97. The molecule has 2 atom stereocenters. The third-order valence-electron chi connectivity index (χ3n) is 3.28. The van der Waals surface area contributed by atoms with Crippen molar-refractivity contribution in [2.45, 2.75) is 44.8 Å². The second kappa shape index (κ2) is 5.80. The zero-order valence-corrected chi connectivity index (χ0v) is 9.45. The number of aliphatic hydroxyl groups is 3. The van der Waals surface area contributed by atoms with Crippen LogP contribution in [0, 0.1) is 5.41 Å². The average Bonchev–Trinajstić information content (AvgIpc) is 2.28. The first-order valence-corrected chi connectivity index (χ1v) is 5.74. The molecule has 90 valence electrons. The van der Waals surface area contributed by atoms with Crippen molar-refractivity contribution in [3.05, 3.63) is 0 Å². The van der Waals surface area contributed by atoms with E-state index < -0.39 is 5.41 Å². The third-order valence-corrected chi connectivity index (χ3v) is 3.28. The smallest absolute Gasteiger partial charge is 0.0693 e. The summed E-state index contributed by atoms with van der Waals surface area (Å²) < 4.78 is 0. The van der Waals surface area contributed by atoms with E-state index in [0.717, 1.165) is 25.7 Å². The molecule has 4 nitrogen and oxygen atoms in total. The van der Waals surface area contributed by atoms with Crippen LogP contribution in [0.2, 0.25) is 0 Å². The van der Waals surface area contributed by atoms with Gasteiger partial charge < -0.3 is 20.6 Å². The Labute approximate surface area is 91.3 Å². The van der Waals surface area contributed by atoms with Crippen LogP contribution in [-0.2, 0) is 0 Å². The molecule has 0 bridgehead atoms. The van der Waals surface area contributed by atoms with E-state index in [-0.39, 0.29) is 25.4 Å². The molecule has 0 spiro atoms. The molecule has 1 saturated carbocycles. The fourth-order valence-corrected chi connectivity index (χ4v) is 1.89. The van der Waals surface area contributed by atoms with E-state index >= 15 is 0 Å². The third kappa shape index (κ3) is 3.72. The van der Waals surface area contributed by atoms with E-state index in [1.54, 1.807) is 0 Å². The van der Waals surface area contributed by atoms with Crippen LogP contribution in [0.4, 0.5) is 0 Å². The molecule has 0 heterocycles. The van der Waals surface area contributed by atoms with Crippen LogP contribution in [0.15, 0.2) is 0 Å². The van der Waals surface area contributed by atoms with Crippen molar-refractivity contribution >= 4 is 0 Å². The molecule has 0 aromatic heterocycles. The summed E-state index contributed by atoms with van der Waals surface area (Å²) in [5.41, 5.74) is -0.489.